The summed E-state index contributed by atoms with van der Waals surface area (Å²) in [6.07, 6.45) is 7.37. The summed E-state index contributed by atoms with van der Waals surface area (Å²) in [6, 6.07) is 0. The molecule has 0 radical (unpaired) electrons. The Labute approximate surface area is 147 Å². The van der Waals surface area contributed by atoms with Gasteiger partial charge in [0.05, 0.1) is 6.10 Å². The molecule has 0 aromatic rings. The molecule has 4 aliphatic carbocycles. The average Bonchev–Trinajstić information content (AvgIpc) is 2.80. The van der Waals surface area contributed by atoms with Crippen LogP contribution in [0.4, 0.5) is 0 Å². The number of aliphatic hydroxyl groups excluding tert-OH is 1. The van der Waals surface area contributed by atoms with Gasteiger partial charge in [0.25, 0.3) is 0 Å². The topological polar surface area (TPSA) is 94.8 Å². The highest BCUT2D eigenvalue weighted by molar-refractivity contribution is 6.01. The molecule has 0 aliphatic heterocycles. The zero-order chi connectivity index (χ0) is 18.2. The molecule has 5 heteroatoms. The molecule has 0 amide bonds. The number of aliphatic hydroxyl groups is 2. The van der Waals surface area contributed by atoms with E-state index in [1.165, 1.54) is 0 Å². The van der Waals surface area contributed by atoms with E-state index in [-0.39, 0.29) is 41.8 Å². The first-order valence-electron chi connectivity index (χ1n) is 9.21. The van der Waals surface area contributed by atoms with Crippen LogP contribution in [0.5, 0.6) is 0 Å². The number of hydrogen-bond donors (Lipinski definition) is 3. The lowest BCUT2D eigenvalue weighted by Crippen LogP contribution is -2.61. The number of aliphatic carboxylic acids is 1. The summed E-state index contributed by atoms with van der Waals surface area (Å²) < 4.78 is 0. The van der Waals surface area contributed by atoms with Crippen LogP contribution in [0.25, 0.3) is 0 Å². The second-order valence-electron chi connectivity index (χ2n) is 8.92. The third kappa shape index (κ3) is 1.97. The van der Waals surface area contributed by atoms with Gasteiger partial charge in [0.1, 0.15) is 0 Å². The second-order valence-corrected chi connectivity index (χ2v) is 8.92. The zero-order valence-corrected chi connectivity index (χ0v) is 14.7. The predicted octanol–water partition coefficient (Wildman–Crippen LogP) is 2.08. The number of carbonyl (C=O) groups is 2. The van der Waals surface area contributed by atoms with Crippen molar-refractivity contribution in [3.63, 3.8) is 0 Å². The molecule has 3 saturated carbocycles. The molecule has 136 valence electrons. The number of carbonyl (C=O) groups excluding carboxylic acids is 1. The highest BCUT2D eigenvalue weighted by Gasteiger charge is 2.68. The van der Waals surface area contributed by atoms with Crippen LogP contribution in [0.2, 0.25) is 0 Å². The van der Waals surface area contributed by atoms with Crippen LogP contribution in [0.15, 0.2) is 23.8 Å². The number of ketones is 1. The Morgan fingerprint density at radius 3 is 2.68 bits per heavy atom. The van der Waals surface area contributed by atoms with Crippen LogP contribution >= 0.6 is 0 Å². The van der Waals surface area contributed by atoms with Crippen molar-refractivity contribution >= 4 is 11.8 Å². The highest BCUT2D eigenvalue weighted by atomic mass is 16.4. The fraction of sp³-hybridized carbons (Fsp3) is 0.700. The van der Waals surface area contributed by atoms with E-state index in [1.54, 1.807) is 12.2 Å². The van der Waals surface area contributed by atoms with Gasteiger partial charge in [-0.1, -0.05) is 25.5 Å². The molecular formula is C20H26O5. The van der Waals surface area contributed by atoms with E-state index < -0.39 is 23.1 Å². The summed E-state index contributed by atoms with van der Waals surface area (Å²) in [5.74, 6) is -0.976. The van der Waals surface area contributed by atoms with E-state index >= 15 is 0 Å². The van der Waals surface area contributed by atoms with Gasteiger partial charge in [-0.25, -0.2) is 4.79 Å². The number of hydrogen-bond acceptors (Lipinski definition) is 4. The predicted molar refractivity (Wildman–Crippen MR) is 90.6 cm³/mol. The SMILES string of the molecule is C[C@]12C=CC(=O)C=C1CCC1C2C(O)C[C@@]2(C)C1CC[C@@]2(O)C(=O)O. The van der Waals surface area contributed by atoms with Crippen molar-refractivity contribution < 1.29 is 24.9 Å². The van der Waals surface area contributed by atoms with Crippen molar-refractivity contribution in [2.45, 2.75) is 57.7 Å². The fourth-order valence-corrected chi connectivity index (χ4v) is 6.68. The molecule has 0 bridgehead atoms. The molecule has 25 heavy (non-hydrogen) atoms. The summed E-state index contributed by atoms with van der Waals surface area (Å²) in [7, 11) is 0. The van der Waals surface area contributed by atoms with Crippen LogP contribution in [0.1, 0.15) is 46.0 Å². The molecule has 4 aliphatic rings. The lowest BCUT2D eigenvalue weighted by Gasteiger charge is -2.59. The number of carboxylic acids is 1. The zero-order valence-electron chi connectivity index (χ0n) is 14.7. The van der Waals surface area contributed by atoms with Gasteiger partial charge in [0.15, 0.2) is 11.4 Å². The van der Waals surface area contributed by atoms with Gasteiger partial charge in [-0.2, -0.15) is 0 Å². The van der Waals surface area contributed by atoms with Crippen molar-refractivity contribution in [1.29, 1.82) is 0 Å². The summed E-state index contributed by atoms with van der Waals surface area (Å²) in [5.41, 5.74) is -1.86. The van der Waals surface area contributed by atoms with E-state index in [9.17, 15) is 24.9 Å². The van der Waals surface area contributed by atoms with Crippen molar-refractivity contribution in [3.05, 3.63) is 23.8 Å². The normalized spacial score (nSPS) is 51.4. The lowest BCUT2D eigenvalue weighted by molar-refractivity contribution is -0.192. The molecule has 4 rings (SSSR count). The Morgan fingerprint density at radius 1 is 1.28 bits per heavy atom. The summed E-state index contributed by atoms with van der Waals surface area (Å²) in [5, 5.41) is 31.6. The first-order chi connectivity index (χ1) is 11.6. The molecule has 3 N–H and O–H groups in total. The standard InChI is InChI=1S/C20H26O5/c1-18-7-5-12(21)9-11(18)3-4-13-14-6-8-20(25,17(23)24)19(14,2)10-15(22)16(13)18/h5,7,9,13-16,22,25H,3-4,6,8,10H2,1-2H3,(H,23,24)/t13?,14?,15?,16?,18-,19-,20+/m0/s1. The molecule has 3 fully saturated rings. The smallest absolute Gasteiger partial charge is 0.336 e. The molecule has 0 saturated heterocycles. The maximum absolute atomic E-state index is 11.8. The minimum Gasteiger partial charge on any atom is -0.479 e. The van der Waals surface area contributed by atoms with E-state index in [0.717, 1.165) is 18.4 Å². The molecule has 7 atom stereocenters. The van der Waals surface area contributed by atoms with Crippen LogP contribution in [-0.2, 0) is 9.59 Å². The maximum Gasteiger partial charge on any atom is 0.336 e. The van der Waals surface area contributed by atoms with Crippen LogP contribution in [-0.4, -0.2) is 38.8 Å². The Balaban J connectivity index is 1.76. The molecule has 0 heterocycles. The summed E-state index contributed by atoms with van der Waals surface area (Å²) in [6.45, 7) is 3.93. The monoisotopic (exact) mass is 346 g/mol. The Bertz CT molecular complexity index is 709. The second kappa shape index (κ2) is 5.04. The maximum atomic E-state index is 11.8. The minimum atomic E-state index is -1.76. The number of allylic oxidation sites excluding steroid dienone is 4. The van der Waals surface area contributed by atoms with Crippen LogP contribution in [0, 0.1) is 28.6 Å². The van der Waals surface area contributed by atoms with Crippen LogP contribution < -0.4 is 0 Å². The number of fused-ring (bicyclic) bond motifs is 5. The van der Waals surface area contributed by atoms with Gasteiger partial charge in [-0.3, -0.25) is 4.79 Å². The van der Waals surface area contributed by atoms with Gasteiger partial charge in [0.2, 0.25) is 0 Å². The van der Waals surface area contributed by atoms with Crippen molar-refractivity contribution in [2.24, 2.45) is 28.6 Å². The third-order valence-electron chi connectivity index (χ3n) is 8.00. The van der Waals surface area contributed by atoms with Crippen molar-refractivity contribution in [1.82, 2.24) is 0 Å². The fourth-order valence-electron chi connectivity index (χ4n) is 6.68. The molecule has 0 aromatic heterocycles. The quantitative estimate of drug-likeness (QED) is 0.676. The first-order valence-corrected chi connectivity index (χ1v) is 9.21. The van der Waals surface area contributed by atoms with E-state index in [2.05, 4.69) is 6.92 Å². The van der Waals surface area contributed by atoms with E-state index in [0.29, 0.717) is 6.42 Å². The Kier molecular flexibility index (Phi) is 3.42. The van der Waals surface area contributed by atoms with Crippen molar-refractivity contribution in [2.75, 3.05) is 0 Å². The summed E-state index contributed by atoms with van der Waals surface area (Å²) in [4.78, 5) is 23.6. The third-order valence-corrected chi connectivity index (χ3v) is 8.00. The van der Waals surface area contributed by atoms with Gasteiger partial charge in [-0.05, 0) is 56.1 Å². The average molecular weight is 346 g/mol. The Morgan fingerprint density at radius 2 is 2.00 bits per heavy atom. The minimum absolute atomic E-state index is 0.00202. The Hall–Kier alpha value is -1.46. The van der Waals surface area contributed by atoms with Crippen LogP contribution in [0.3, 0.4) is 0 Å². The van der Waals surface area contributed by atoms with Gasteiger partial charge in [-0.15, -0.1) is 0 Å². The molecule has 5 nitrogen and oxygen atoms in total. The summed E-state index contributed by atoms with van der Waals surface area (Å²) >= 11 is 0. The van der Waals surface area contributed by atoms with E-state index in [4.69, 9.17) is 0 Å². The molecule has 4 unspecified atom stereocenters. The van der Waals surface area contributed by atoms with Crippen molar-refractivity contribution in [3.8, 4) is 0 Å². The van der Waals surface area contributed by atoms with E-state index in [1.807, 2.05) is 13.0 Å². The molecule has 0 aromatic carbocycles. The van der Waals surface area contributed by atoms with Gasteiger partial charge >= 0.3 is 5.97 Å². The largest absolute Gasteiger partial charge is 0.479 e. The molecular weight excluding hydrogens is 320 g/mol. The van der Waals surface area contributed by atoms with Gasteiger partial charge < -0.3 is 15.3 Å². The molecule has 0 spiro atoms. The highest BCUT2D eigenvalue weighted by Crippen LogP contribution is 2.66. The first kappa shape index (κ1) is 17.0. The lowest BCUT2D eigenvalue weighted by atomic mass is 9.46. The van der Waals surface area contributed by atoms with Gasteiger partial charge in [0, 0.05) is 16.7 Å². The number of rotatable bonds is 1. The number of carboxylic acid groups (broad SMARTS) is 1.